The minimum Gasteiger partial charge on any atom is -0.444 e. The number of aliphatic hydroxyl groups excluding tert-OH is 1. The molecule has 1 saturated heterocycles. The van der Waals surface area contributed by atoms with E-state index in [1.165, 1.54) is 6.07 Å². The maximum atomic E-state index is 14.1. The predicted molar refractivity (Wildman–Crippen MR) is 86.9 cm³/mol. The van der Waals surface area contributed by atoms with Gasteiger partial charge in [-0.2, -0.15) is 0 Å². The van der Waals surface area contributed by atoms with Crippen LogP contribution in [-0.4, -0.2) is 35.9 Å². The van der Waals surface area contributed by atoms with Gasteiger partial charge < -0.3 is 20.1 Å². The number of nitrogens with zero attached hydrogens (tertiary/aromatic N) is 1. The molecule has 0 saturated carbocycles. The van der Waals surface area contributed by atoms with Crippen molar-refractivity contribution in [3.8, 4) is 0 Å². The summed E-state index contributed by atoms with van der Waals surface area (Å²) in [5, 5.41) is 12.2. The molecule has 128 valence electrons. The van der Waals surface area contributed by atoms with Crippen molar-refractivity contribution in [2.45, 2.75) is 51.9 Å². The summed E-state index contributed by atoms with van der Waals surface area (Å²) in [5.41, 5.74) is 0.530. The molecule has 23 heavy (non-hydrogen) atoms. The molecule has 0 spiro atoms. The molecule has 2 N–H and O–H groups in total. The number of halogens is 1. The molecule has 1 heterocycles. The van der Waals surface area contributed by atoms with E-state index in [1.807, 2.05) is 25.7 Å². The molecule has 1 amide bonds. The fourth-order valence-corrected chi connectivity index (χ4v) is 2.76. The van der Waals surface area contributed by atoms with E-state index in [-0.39, 0.29) is 18.5 Å². The summed E-state index contributed by atoms with van der Waals surface area (Å²) in [4.78, 5) is 13.7. The Morgan fingerprint density at radius 3 is 2.61 bits per heavy atom. The Morgan fingerprint density at radius 1 is 1.39 bits per heavy atom. The molecule has 1 aliphatic heterocycles. The van der Waals surface area contributed by atoms with E-state index in [4.69, 9.17) is 4.74 Å². The fraction of sp³-hybridized carbons (Fsp3) is 0.588. The van der Waals surface area contributed by atoms with Gasteiger partial charge in [0.1, 0.15) is 11.4 Å². The molecule has 1 aromatic rings. The van der Waals surface area contributed by atoms with Gasteiger partial charge in [-0.1, -0.05) is 12.1 Å². The highest BCUT2D eigenvalue weighted by atomic mass is 19.1. The number of rotatable bonds is 3. The SMILES string of the molecule is CC(C)(C)OC(=O)NC1CCN(c2c(F)cccc2CO)CC1. The summed E-state index contributed by atoms with van der Waals surface area (Å²) >= 11 is 0. The molecule has 0 radical (unpaired) electrons. The van der Waals surface area contributed by atoms with Crippen LogP contribution >= 0.6 is 0 Å². The van der Waals surface area contributed by atoms with Gasteiger partial charge in [0.15, 0.2) is 0 Å². The van der Waals surface area contributed by atoms with Crippen LogP contribution in [0, 0.1) is 5.82 Å². The smallest absolute Gasteiger partial charge is 0.407 e. The lowest BCUT2D eigenvalue weighted by molar-refractivity contribution is 0.0497. The lowest BCUT2D eigenvalue weighted by atomic mass is 10.0. The third-order valence-electron chi connectivity index (χ3n) is 3.77. The van der Waals surface area contributed by atoms with Gasteiger partial charge in [0.25, 0.3) is 0 Å². The van der Waals surface area contributed by atoms with Crippen LogP contribution in [0.5, 0.6) is 0 Å². The Labute approximate surface area is 136 Å². The van der Waals surface area contributed by atoms with Crippen LogP contribution in [-0.2, 0) is 11.3 Å². The van der Waals surface area contributed by atoms with E-state index in [1.54, 1.807) is 12.1 Å². The van der Waals surface area contributed by atoms with Crippen molar-refractivity contribution in [3.05, 3.63) is 29.6 Å². The van der Waals surface area contributed by atoms with Gasteiger partial charge in [0.2, 0.25) is 0 Å². The van der Waals surface area contributed by atoms with Crippen molar-refractivity contribution < 1.29 is 19.0 Å². The summed E-state index contributed by atoms with van der Waals surface area (Å²) in [5.74, 6) is -0.324. The first kappa shape index (κ1) is 17.5. The fourth-order valence-electron chi connectivity index (χ4n) is 2.76. The molecular weight excluding hydrogens is 299 g/mol. The monoisotopic (exact) mass is 324 g/mol. The first-order valence-corrected chi connectivity index (χ1v) is 7.93. The van der Waals surface area contributed by atoms with Crippen molar-refractivity contribution >= 4 is 11.8 Å². The molecule has 0 unspecified atom stereocenters. The molecule has 0 atom stereocenters. The molecule has 6 heteroatoms. The largest absolute Gasteiger partial charge is 0.444 e. The Morgan fingerprint density at radius 2 is 2.04 bits per heavy atom. The molecule has 5 nitrogen and oxygen atoms in total. The van der Waals surface area contributed by atoms with Crippen LogP contribution in [0.4, 0.5) is 14.9 Å². The second-order valence-corrected chi connectivity index (χ2v) is 6.81. The minimum absolute atomic E-state index is 0.0189. The molecule has 1 aliphatic rings. The average Bonchev–Trinajstić information content (AvgIpc) is 2.46. The van der Waals surface area contributed by atoms with Gasteiger partial charge in [-0.3, -0.25) is 0 Å². The second-order valence-electron chi connectivity index (χ2n) is 6.81. The topological polar surface area (TPSA) is 61.8 Å². The van der Waals surface area contributed by atoms with Crippen LogP contribution < -0.4 is 10.2 Å². The maximum Gasteiger partial charge on any atom is 0.407 e. The third-order valence-corrected chi connectivity index (χ3v) is 3.77. The van der Waals surface area contributed by atoms with Gasteiger partial charge in [0, 0.05) is 24.7 Å². The lowest BCUT2D eigenvalue weighted by Gasteiger charge is -2.35. The number of aliphatic hydroxyl groups is 1. The molecule has 1 aromatic carbocycles. The number of amides is 1. The zero-order chi connectivity index (χ0) is 17.0. The standard InChI is InChI=1S/C17H25FN2O3/c1-17(2,3)23-16(22)19-13-7-9-20(10-8-13)15-12(11-21)5-4-6-14(15)18/h4-6,13,21H,7-11H2,1-3H3,(H,19,22). The van der Waals surface area contributed by atoms with Gasteiger partial charge in [0.05, 0.1) is 12.3 Å². The number of ether oxygens (including phenoxy) is 1. The van der Waals surface area contributed by atoms with E-state index in [0.717, 1.165) is 0 Å². The Kier molecular flexibility index (Phi) is 5.46. The van der Waals surface area contributed by atoms with Crippen molar-refractivity contribution in [2.75, 3.05) is 18.0 Å². The van der Waals surface area contributed by atoms with Gasteiger partial charge in [-0.15, -0.1) is 0 Å². The van der Waals surface area contributed by atoms with Crippen LogP contribution in [0.1, 0.15) is 39.2 Å². The number of piperidine rings is 1. The summed E-state index contributed by atoms with van der Waals surface area (Å²) in [6.45, 7) is 6.52. The summed E-state index contributed by atoms with van der Waals surface area (Å²) in [7, 11) is 0. The number of benzene rings is 1. The predicted octanol–water partition coefficient (Wildman–Crippen LogP) is 2.81. The molecule has 1 fully saturated rings. The average molecular weight is 324 g/mol. The number of carbonyl (C=O) groups excluding carboxylic acids is 1. The van der Waals surface area contributed by atoms with E-state index in [9.17, 15) is 14.3 Å². The Bertz CT molecular complexity index is 549. The minimum atomic E-state index is -0.520. The van der Waals surface area contributed by atoms with Crippen molar-refractivity contribution in [1.82, 2.24) is 5.32 Å². The molecule has 0 aliphatic carbocycles. The van der Waals surface area contributed by atoms with Crippen LogP contribution in [0.25, 0.3) is 0 Å². The van der Waals surface area contributed by atoms with Gasteiger partial charge in [-0.25, -0.2) is 9.18 Å². The van der Waals surface area contributed by atoms with Gasteiger partial charge in [-0.05, 0) is 39.7 Å². The zero-order valence-corrected chi connectivity index (χ0v) is 13.9. The number of carbonyl (C=O) groups is 1. The Balaban J connectivity index is 1.93. The molecule has 2 rings (SSSR count). The van der Waals surface area contributed by atoms with Gasteiger partial charge >= 0.3 is 6.09 Å². The zero-order valence-electron chi connectivity index (χ0n) is 13.9. The van der Waals surface area contributed by atoms with Crippen molar-refractivity contribution in [1.29, 1.82) is 0 Å². The first-order chi connectivity index (χ1) is 10.8. The highest BCUT2D eigenvalue weighted by molar-refractivity contribution is 5.68. The molecular formula is C17H25FN2O3. The number of hydrogen-bond donors (Lipinski definition) is 2. The second kappa shape index (κ2) is 7.17. The highest BCUT2D eigenvalue weighted by Crippen LogP contribution is 2.27. The Hall–Kier alpha value is -1.82. The quantitative estimate of drug-likeness (QED) is 0.897. The van der Waals surface area contributed by atoms with E-state index >= 15 is 0 Å². The van der Waals surface area contributed by atoms with Crippen LogP contribution in [0.15, 0.2) is 18.2 Å². The lowest BCUT2D eigenvalue weighted by Crippen LogP contribution is -2.46. The first-order valence-electron chi connectivity index (χ1n) is 7.93. The van der Waals surface area contributed by atoms with E-state index in [2.05, 4.69) is 5.32 Å². The number of alkyl carbamates (subject to hydrolysis) is 1. The van der Waals surface area contributed by atoms with Crippen molar-refractivity contribution in [3.63, 3.8) is 0 Å². The maximum absolute atomic E-state index is 14.1. The highest BCUT2D eigenvalue weighted by Gasteiger charge is 2.25. The number of hydrogen-bond acceptors (Lipinski definition) is 4. The van der Waals surface area contributed by atoms with Crippen molar-refractivity contribution in [2.24, 2.45) is 0 Å². The molecule has 0 bridgehead atoms. The normalized spacial score (nSPS) is 16.3. The molecule has 0 aromatic heterocycles. The number of nitrogens with one attached hydrogen (secondary N) is 1. The van der Waals surface area contributed by atoms with Crippen LogP contribution in [0.2, 0.25) is 0 Å². The van der Waals surface area contributed by atoms with E-state index < -0.39 is 11.7 Å². The third kappa shape index (κ3) is 4.82. The summed E-state index contributed by atoms with van der Waals surface area (Å²) in [6, 6.07) is 4.75. The summed E-state index contributed by atoms with van der Waals surface area (Å²) < 4.78 is 19.3. The van der Waals surface area contributed by atoms with E-state index in [0.29, 0.717) is 37.2 Å². The number of anilines is 1. The number of para-hydroxylation sites is 1. The van der Waals surface area contributed by atoms with Crippen LogP contribution in [0.3, 0.4) is 0 Å². The summed E-state index contributed by atoms with van der Waals surface area (Å²) in [6.07, 6.45) is 0.995.